The lowest BCUT2D eigenvalue weighted by Crippen LogP contribution is -2.57. The zero-order valence-corrected chi connectivity index (χ0v) is 18.0. The van der Waals surface area contributed by atoms with E-state index in [9.17, 15) is 14.3 Å². The number of carbonyl (C=O) groups is 1. The molecule has 0 bridgehead atoms. The second kappa shape index (κ2) is 9.70. The summed E-state index contributed by atoms with van der Waals surface area (Å²) in [5.41, 5.74) is 6.69. The molecule has 1 amide bonds. The van der Waals surface area contributed by atoms with Gasteiger partial charge in [-0.05, 0) is 36.4 Å². The predicted octanol–water partition coefficient (Wildman–Crippen LogP) is 2.32. The Balaban J connectivity index is 1.49. The zero-order chi connectivity index (χ0) is 23.4. The first-order valence-corrected chi connectivity index (χ1v) is 10.3. The maximum absolute atomic E-state index is 13.2. The molecule has 1 atom stereocenters. The summed E-state index contributed by atoms with van der Waals surface area (Å²) < 4.78 is 24.2. The molecule has 3 N–H and O–H groups in total. The van der Waals surface area contributed by atoms with Crippen LogP contribution in [0.3, 0.4) is 0 Å². The molecule has 1 aliphatic heterocycles. The predicted molar refractivity (Wildman–Crippen MR) is 120 cm³/mol. The van der Waals surface area contributed by atoms with Crippen LogP contribution < -0.4 is 20.1 Å². The van der Waals surface area contributed by atoms with E-state index in [0.717, 1.165) is 5.69 Å². The molecule has 33 heavy (non-hydrogen) atoms. The highest BCUT2D eigenvalue weighted by atomic mass is 19.1. The van der Waals surface area contributed by atoms with E-state index in [2.05, 4.69) is 9.97 Å². The quantitative estimate of drug-likeness (QED) is 0.585. The smallest absolute Gasteiger partial charge is 0.273 e. The minimum atomic E-state index is -0.424. The average molecular weight is 453 g/mol. The maximum atomic E-state index is 13.2. The molecule has 0 spiro atoms. The summed E-state index contributed by atoms with van der Waals surface area (Å²) in [5, 5.41) is 9.95. The number of aromatic nitrogens is 2. The molecule has 1 aliphatic rings. The van der Waals surface area contributed by atoms with Crippen molar-refractivity contribution in [3.05, 3.63) is 66.4 Å². The fourth-order valence-corrected chi connectivity index (χ4v) is 3.65. The van der Waals surface area contributed by atoms with E-state index in [1.165, 1.54) is 43.6 Å². The first kappa shape index (κ1) is 22.3. The Morgan fingerprint density at radius 3 is 2.61 bits per heavy atom. The Labute approximate surface area is 190 Å². The molecule has 1 aromatic carbocycles. The molecular formula is C23H24FN5O4. The van der Waals surface area contributed by atoms with Crippen LogP contribution in [0.15, 0.2) is 54.9 Å². The SMILES string of the molecule is COc1cc(C(=O)N2CCN(c3ccc(N)nc3)CC2CO)ncc1Oc1ccc(F)cc1. The Hall–Kier alpha value is -3.92. The zero-order valence-electron chi connectivity index (χ0n) is 18.0. The Morgan fingerprint density at radius 2 is 1.94 bits per heavy atom. The van der Waals surface area contributed by atoms with Gasteiger partial charge in [0.15, 0.2) is 11.5 Å². The fourth-order valence-electron chi connectivity index (χ4n) is 3.65. The van der Waals surface area contributed by atoms with Crippen LogP contribution in [-0.2, 0) is 0 Å². The molecule has 0 radical (unpaired) electrons. The highest BCUT2D eigenvalue weighted by molar-refractivity contribution is 5.93. The number of piperazine rings is 1. The van der Waals surface area contributed by atoms with E-state index in [4.69, 9.17) is 15.2 Å². The van der Waals surface area contributed by atoms with Crippen LogP contribution in [0.5, 0.6) is 17.2 Å². The van der Waals surface area contributed by atoms with Crippen LogP contribution in [0.1, 0.15) is 10.5 Å². The Morgan fingerprint density at radius 1 is 1.15 bits per heavy atom. The lowest BCUT2D eigenvalue weighted by atomic mass is 10.1. The number of nitrogens with zero attached hydrogens (tertiary/aromatic N) is 4. The van der Waals surface area contributed by atoms with Crippen molar-refractivity contribution in [1.29, 1.82) is 0 Å². The normalized spacial score (nSPS) is 15.9. The summed E-state index contributed by atoms with van der Waals surface area (Å²) in [6.45, 7) is 1.20. The summed E-state index contributed by atoms with van der Waals surface area (Å²) in [5.74, 6) is 0.738. The third-order valence-corrected chi connectivity index (χ3v) is 5.40. The molecule has 2 aromatic heterocycles. The van der Waals surface area contributed by atoms with Gasteiger partial charge in [0, 0.05) is 25.7 Å². The number of nitrogens with two attached hydrogens (primary N) is 1. The highest BCUT2D eigenvalue weighted by Gasteiger charge is 2.32. The number of methoxy groups -OCH3 is 1. The van der Waals surface area contributed by atoms with Crippen molar-refractivity contribution in [2.45, 2.75) is 6.04 Å². The topological polar surface area (TPSA) is 114 Å². The Bertz CT molecular complexity index is 1110. The average Bonchev–Trinajstić information content (AvgIpc) is 2.85. The summed E-state index contributed by atoms with van der Waals surface area (Å²) in [6.07, 6.45) is 3.06. The van der Waals surface area contributed by atoms with E-state index in [0.29, 0.717) is 42.7 Å². The number of anilines is 2. The molecule has 1 unspecified atom stereocenters. The highest BCUT2D eigenvalue weighted by Crippen LogP contribution is 2.32. The minimum absolute atomic E-state index is 0.166. The van der Waals surface area contributed by atoms with Gasteiger partial charge in [-0.2, -0.15) is 0 Å². The first-order chi connectivity index (χ1) is 16.0. The molecule has 3 aromatic rings. The number of aliphatic hydroxyl groups excluding tert-OH is 1. The van der Waals surface area contributed by atoms with Crippen LogP contribution in [0.2, 0.25) is 0 Å². The lowest BCUT2D eigenvalue weighted by Gasteiger charge is -2.41. The summed E-state index contributed by atoms with van der Waals surface area (Å²) in [6, 6.07) is 10.2. The van der Waals surface area contributed by atoms with Gasteiger partial charge in [-0.1, -0.05) is 0 Å². The number of hydrogen-bond acceptors (Lipinski definition) is 8. The van der Waals surface area contributed by atoms with Crippen LogP contribution in [0, 0.1) is 5.82 Å². The molecular weight excluding hydrogens is 429 g/mol. The standard InChI is InChI=1S/C23H24FN5O4/c1-32-20-10-19(26-12-21(20)33-18-5-2-15(24)3-6-18)23(31)29-9-8-28(13-17(29)14-30)16-4-7-22(25)27-11-16/h2-7,10-12,17,30H,8-9,13-14H2,1H3,(H2,25,27). The summed E-state index contributed by atoms with van der Waals surface area (Å²) >= 11 is 0. The Kier molecular flexibility index (Phi) is 6.55. The third kappa shape index (κ3) is 4.96. The van der Waals surface area contributed by atoms with E-state index < -0.39 is 6.04 Å². The van der Waals surface area contributed by atoms with Crippen molar-refractivity contribution in [3.63, 3.8) is 0 Å². The number of pyridine rings is 2. The van der Waals surface area contributed by atoms with Gasteiger partial charge in [-0.25, -0.2) is 14.4 Å². The van der Waals surface area contributed by atoms with Crippen molar-refractivity contribution in [3.8, 4) is 17.2 Å². The monoisotopic (exact) mass is 453 g/mol. The molecule has 0 saturated carbocycles. The van der Waals surface area contributed by atoms with Gasteiger partial charge < -0.3 is 30.1 Å². The fraction of sp³-hybridized carbons (Fsp3) is 0.261. The van der Waals surface area contributed by atoms with Crippen LogP contribution in [0.25, 0.3) is 0 Å². The number of aliphatic hydroxyl groups is 1. The van der Waals surface area contributed by atoms with E-state index in [-0.39, 0.29) is 24.0 Å². The maximum Gasteiger partial charge on any atom is 0.273 e. The molecule has 1 fully saturated rings. The van der Waals surface area contributed by atoms with Crippen molar-refractivity contribution in [2.75, 3.05) is 44.0 Å². The summed E-state index contributed by atoms with van der Waals surface area (Å²) in [4.78, 5) is 25.2. The van der Waals surface area contributed by atoms with E-state index in [1.54, 1.807) is 17.2 Å². The van der Waals surface area contributed by atoms with Crippen molar-refractivity contribution < 1.29 is 23.8 Å². The minimum Gasteiger partial charge on any atom is -0.493 e. The van der Waals surface area contributed by atoms with Gasteiger partial charge in [0.1, 0.15) is 23.1 Å². The number of nitrogen functional groups attached to an aromatic ring is 1. The van der Waals surface area contributed by atoms with Crippen molar-refractivity contribution in [1.82, 2.24) is 14.9 Å². The number of amides is 1. The number of hydrogen-bond donors (Lipinski definition) is 2. The van der Waals surface area contributed by atoms with Gasteiger partial charge in [-0.3, -0.25) is 4.79 Å². The van der Waals surface area contributed by atoms with Crippen molar-refractivity contribution in [2.24, 2.45) is 0 Å². The van der Waals surface area contributed by atoms with Gasteiger partial charge >= 0.3 is 0 Å². The molecule has 9 nitrogen and oxygen atoms in total. The summed E-state index contributed by atoms with van der Waals surface area (Å²) in [7, 11) is 1.46. The first-order valence-electron chi connectivity index (χ1n) is 10.3. The molecule has 4 rings (SSSR count). The van der Waals surface area contributed by atoms with Gasteiger partial charge in [0.25, 0.3) is 5.91 Å². The number of carbonyl (C=O) groups excluding carboxylic acids is 1. The number of ether oxygens (including phenoxy) is 2. The molecule has 172 valence electrons. The second-order valence-corrected chi connectivity index (χ2v) is 7.50. The largest absolute Gasteiger partial charge is 0.493 e. The van der Waals surface area contributed by atoms with Gasteiger partial charge in [0.2, 0.25) is 0 Å². The van der Waals surface area contributed by atoms with Gasteiger partial charge in [0.05, 0.1) is 37.8 Å². The molecule has 10 heteroatoms. The van der Waals surface area contributed by atoms with E-state index >= 15 is 0 Å². The van der Waals surface area contributed by atoms with Crippen LogP contribution >= 0.6 is 0 Å². The number of benzene rings is 1. The number of halogens is 1. The lowest BCUT2D eigenvalue weighted by molar-refractivity contribution is 0.0559. The molecule has 1 saturated heterocycles. The van der Waals surface area contributed by atoms with Crippen molar-refractivity contribution >= 4 is 17.4 Å². The number of rotatable bonds is 6. The van der Waals surface area contributed by atoms with Crippen LogP contribution in [0.4, 0.5) is 15.9 Å². The third-order valence-electron chi connectivity index (χ3n) is 5.40. The van der Waals surface area contributed by atoms with E-state index in [1.807, 2.05) is 11.0 Å². The van der Waals surface area contributed by atoms with Gasteiger partial charge in [-0.15, -0.1) is 0 Å². The molecule has 0 aliphatic carbocycles. The van der Waals surface area contributed by atoms with Crippen LogP contribution in [-0.4, -0.2) is 65.3 Å². The molecule has 3 heterocycles. The second-order valence-electron chi connectivity index (χ2n) is 7.50.